The summed E-state index contributed by atoms with van der Waals surface area (Å²) in [5, 5.41) is 32.2. The van der Waals surface area contributed by atoms with Crippen LogP contribution in [0.5, 0.6) is 0 Å². The van der Waals surface area contributed by atoms with E-state index in [0.29, 0.717) is 5.13 Å². The lowest BCUT2D eigenvalue weighted by atomic mass is 9.97. The summed E-state index contributed by atoms with van der Waals surface area (Å²) in [6, 6.07) is -0.758. The number of hydrogen-bond acceptors (Lipinski definition) is 9. The standard InChI is InChI=1S/C9H14ClN3O5S/c1-17-7-4(11-9-12-8(10)13-19-9)6(16)5(15)3(2-14)18-7/h3-7,14-16H,2H2,1H3,(H,11,12,13)/t3-,4+,5+,6-,7+/m1/s1. The monoisotopic (exact) mass is 311 g/mol. The number of nitrogens with zero attached hydrogens (tertiary/aromatic N) is 2. The van der Waals surface area contributed by atoms with Crippen molar-refractivity contribution in [1.82, 2.24) is 9.36 Å². The highest BCUT2D eigenvalue weighted by Gasteiger charge is 2.44. The molecule has 0 radical (unpaired) electrons. The quantitative estimate of drug-likeness (QED) is 0.563. The molecule has 5 atom stereocenters. The van der Waals surface area contributed by atoms with Crippen molar-refractivity contribution in [1.29, 1.82) is 0 Å². The van der Waals surface area contributed by atoms with Crippen molar-refractivity contribution in [3.63, 3.8) is 0 Å². The van der Waals surface area contributed by atoms with Crippen LogP contribution < -0.4 is 5.32 Å². The summed E-state index contributed by atoms with van der Waals surface area (Å²) in [5.74, 6) is 0. The van der Waals surface area contributed by atoms with Crippen molar-refractivity contribution in [2.75, 3.05) is 19.0 Å². The van der Waals surface area contributed by atoms with Crippen LogP contribution in [0.1, 0.15) is 0 Å². The molecule has 0 bridgehead atoms. The zero-order valence-electron chi connectivity index (χ0n) is 9.93. The second kappa shape index (κ2) is 6.27. The van der Waals surface area contributed by atoms with E-state index in [2.05, 4.69) is 14.7 Å². The van der Waals surface area contributed by atoms with E-state index in [1.165, 1.54) is 7.11 Å². The van der Waals surface area contributed by atoms with E-state index in [-0.39, 0.29) is 5.28 Å². The average molecular weight is 312 g/mol. The minimum atomic E-state index is -1.24. The summed E-state index contributed by atoms with van der Waals surface area (Å²) < 4.78 is 14.2. The summed E-state index contributed by atoms with van der Waals surface area (Å²) in [6.07, 6.45) is -4.19. The molecule has 10 heteroatoms. The number of rotatable bonds is 4. The first-order valence-electron chi connectivity index (χ1n) is 5.47. The smallest absolute Gasteiger partial charge is 0.236 e. The van der Waals surface area contributed by atoms with Crippen molar-refractivity contribution >= 4 is 28.3 Å². The molecule has 0 saturated carbocycles. The molecule has 0 spiro atoms. The third-order valence-corrected chi connectivity index (χ3v) is 3.72. The lowest BCUT2D eigenvalue weighted by Crippen LogP contribution is -2.61. The number of nitrogens with one attached hydrogen (secondary N) is 1. The summed E-state index contributed by atoms with van der Waals surface area (Å²) in [5.41, 5.74) is 0. The maximum absolute atomic E-state index is 10.0. The molecule has 4 N–H and O–H groups in total. The van der Waals surface area contributed by atoms with Crippen LogP contribution in [-0.2, 0) is 9.47 Å². The zero-order valence-corrected chi connectivity index (χ0v) is 11.5. The summed E-state index contributed by atoms with van der Waals surface area (Å²) in [6.45, 7) is -0.421. The first-order chi connectivity index (χ1) is 9.06. The van der Waals surface area contributed by atoms with Gasteiger partial charge in [-0.05, 0) is 11.6 Å². The number of aliphatic hydroxyl groups is 3. The zero-order chi connectivity index (χ0) is 14.0. The van der Waals surface area contributed by atoms with E-state index in [1.807, 2.05) is 0 Å². The minimum Gasteiger partial charge on any atom is -0.394 e. The van der Waals surface area contributed by atoms with Gasteiger partial charge in [-0.1, -0.05) is 0 Å². The van der Waals surface area contributed by atoms with Crippen molar-refractivity contribution in [2.45, 2.75) is 30.6 Å². The van der Waals surface area contributed by atoms with E-state index in [0.717, 1.165) is 11.5 Å². The number of aliphatic hydroxyl groups excluding tert-OH is 3. The van der Waals surface area contributed by atoms with Crippen molar-refractivity contribution in [2.24, 2.45) is 0 Å². The maximum Gasteiger partial charge on any atom is 0.236 e. The van der Waals surface area contributed by atoms with Gasteiger partial charge in [0.2, 0.25) is 10.4 Å². The molecule has 1 aliphatic heterocycles. The van der Waals surface area contributed by atoms with Gasteiger partial charge in [0.1, 0.15) is 24.4 Å². The fourth-order valence-corrected chi connectivity index (χ4v) is 2.60. The molecule has 1 aromatic rings. The Labute approximate surface area is 118 Å². The molecule has 19 heavy (non-hydrogen) atoms. The van der Waals surface area contributed by atoms with Crippen molar-refractivity contribution in [3.8, 4) is 0 Å². The largest absolute Gasteiger partial charge is 0.394 e. The predicted octanol–water partition coefficient (Wildman–Crippen LogP) is -0.943. The Morgan fingerprint density at radius 3 is 2.74 bits per heavy atom. The van der Waals surface area contributed by atoms with Crippen LogP contribution in [0.4, 0.5) is 5.13 Å². The van der Waals surface area contributed by atoms with E-state index in [4.69, 9.17) is 26.2 Å². The van der Waals surface area contributed by atoms with Crippen LogP contribution in [0.2, 0.25) is 5.28 Å². The molecule has 0 aromatic carbocycles. The highest BCUT2D eigenvalue weighted by molar-refractivity contribution is 7.09. The molecule has 1 aliphatic rings. The van der Waals surface area contributed by atoms with Gasteiger partial charge in [0.15, 0.2) is 6.29 Å². The molecule has 0 unspecified atom stereocenters. The summed E-state index contributed by atoms with van der Waals surface area (Å²) in [4.78, 5) is 3.88. The van der Waals surface area contributed by atoms with Crippen molar-refractivity contribution in [3.05, 3.63) is 5.28 Å². The van der Waals surface area contributed by atoms with E-state index in [9.17, 15) is 10.2 Å². The lowest BCUT2D eigenvalue weighted by Gasteiger charge is -2.41. The number of anilines is 1. The molecule has 8 nitrogen and oxygen atoms in total. The topological polar surface area (TPSA) is 117 Å². The SMILES string of the molecule is CO[C@H]1O[C@H](CO)[C@H](O)[C@H](O)[C@@H]1Nc1nc(Cl)ns1. The Morgan fingerprint density at radius 2 is 2.21 bits per heavy atom. The molecule has 0 aliphatic carbocycles. The van der Waals surface area contributed by atoms with Gasteiger partial charge in [-0.3, -0.25) is 0 Å². The fourth-order valence-electron chi connectivity index (χ4n) is 1.84. The Hall–Kier alpha value is -0.550. The van der Waals surface area contributed by atoms with Gasteiger partial charge < -0.3 is 30.1 Å². The van der Waals surface area contributed by atoms with Crippen LogP contribution in [-0.4, -0.2) is 69.0 Å². The Kier molecular flexibility index (Phi) is 4.90. The van der Waals surface area contributed by atoms with Gasteiger partial charge >= 0.3 is 0 Å². The van der Waals surface area contributed by atoms with Gasteiger partial charge in [0, 0.05) is 18.6 Å². The number of hydrogen-bond donors (Lipinski definition) is 4. The molecular formula is C9H14ClN3O5S. The molecule has 1 aromatic heterocycles. The molecule has 1 fully saturated rings. The number of methoxy groups -OCH3 is 1. The normalized spacial score (nSPS) is 35.3. The van der Waals surface area contributed by atoms with Crippen molar-refractivity contribution < 1.29 is 24.8 Å². The number of aromatic nitrogens is 2. The fraction of sp³-hybridized carbons (Fsp3) is 0.778. The minimum absolute atomic E-state index is 0.0847. The highest BCUT2D eigenvalue weighted by atomic mass is 35.5. The number of ether oxygens (including phenoxy) is 2. The molecule has 2 heterocycles. The van der Waals surface area contributed by atoms with Gasteiger partial charge in [0.25, 0.3) is 0 Å². The van der Waals surface area contributed by atoms with Gasteiger partial charge in [0.05, 0.1) is 6.61 Å². The summed E-state index contributed by atoms with van der Waals surface area (Å²) in [7, 11) is 1.39. The lowest BCUT2D eigenvalue weighted by molar-refractivity contribution is -0.254. The Balaban J connectivity index is 2.12. The molecule has 1 saturated heterocycles. The Bertz CT molecular complexity index is 420. The first-order valence-corrected chi connectivity index (χ1v) is 6.63. The van der Waals surface area contributed by atoms with Gasteiger partial charge in [-0.15, -0.1) is 0 Å². The molecule has 108 valence electrons. The van der Waals surface area contributed by atoms with Crippen LogP contribution >= 0.6 is 23.1 Å². The molecule has 2 rings (SSSR count). The number of halogens is 1. The molecule has 0 amide bonds. The molecular weight excluding hydrogens is 298 g/mol. The maximum atomic E-state index is 10.0. The van der Waals surface area contributed by atoms with E-state index >= 15 is 0 Å². The van der Waals surface area contributed by atoms with Crippen LogP contribution in [0, 0.1) is 0 Å². The Morgan fingerprint density at radius 1 is 1.47 bits per heavy atom. The average Bonchev–Trinajstić information content (AvgIpc) is 2.81. The van der Waals surface area contributed by atoms with Crippen LogP contribution in [0.3, 0.4) is 0 Å². The second-order valence-corrected chi connectivity index (χ2v) is 5.07. The van der Waals surface area contributed by atoms with E-state index in [1.54, 1.807) is 0 Å². The van der Waals surface area contributed by atoms with Gasteiger partial charge in [-0.25, -0.2) is 0 Å². The third-order valence-electron chi connectivity index (χ3n) is 2.80. The highest BCUT2D eigenvalue weighted by Crippen LogP contribution is 2.25. The predicted molar refractivity (Wildman–Crippen MR) is 67.1 cm³/mol. The first kappa shape index (κ1) is 14.9. The second-order valence-electron chi connectivity index (χ2n) is 3.98. The third kappa shape index (κ3) is 3.14. The van der Waals surface area contributed by atoms with Crippen LogP contribution in [0.15, 0.2) is 0 Å². The van der Waals surface area contributed by atoms with E-state index < -0.39 is 37.3 Å². The summed E-state index contributed by atoms with van der Waals surface area (Å²) >= 11 is 6.61. The van der Waals surface area contributed by atoms with Gasteiger partial charge in [-0.2, -0.15) is 9.36 Å². The van der Waals surface area contributed by atoms with Crippen LogP contribution in [0.25, 0.3) is 0 Å².